The lowest BCUT2D eigenvalue weighted by Crippen LogP contribution is -2.42. The Hall–Kier alpha value is -1.97. The van der Waals surface area contributed by atoms with E-state index in [9.17, 15) is 25.5 Å². The van der Waals surface area contributed by atoms with Crippen LogP contribution in [0.5, 0.6) is 0 Å². The molecule has 7 N–H and O–H groups in total. The van der Waals surface area contributed by atoms with Gasteiger partial charge in [-0.25, -0.2) is 15.0 Å². The van der Waals surface area contributed by atoms with Crippen molar-refractivity contribution in [2.45, 2.75) is 49.1 Å². The van der Waals surface area contributed by atoms with Crippen LogP contribution in [0.1, 0.15) is 6.23 Å². The number of fused-ring (bicyclic) bond motifs is 1. The average molecular weight is 399 g/mol. The van der Waals surface area contributed by atoms with Crippen LogP contribution in [0.2, 0.25) is 0 Å². The van der Waals surface area contributed by atoms with Crippen LogP contribution >= 0.6 is 0 Å². The van der Waals surface area contributed by atoms with E-state index in [0.717, 1.165) is 0 Å². The van der Waals surface area contributed by atoms with Crippen molar-refractivity contribution >= 4 is 17.0 Å². The minimum absolute atomic E-state index is 0.155. The van der Waals surface area contributed by atoms with E-state index in [4.69, 9.17) is 19.9 Å². The number of nitrogens with zero attached hydrogens (tertiary/aromatic N) is 4. The fourth-order valence-corrected chi connectivity index (χ4v) is 3.43. The van der Waals surface area contributed by atoms with Crippen molar-refractivity contribution in [1.82, 2.24) is 19.5 Å². The number of aromatic nitrogens is 4. The van der Waals surface area contributed by atoms with Crippen molar-refractivity contribution in [2.75, 3.05) is 18.9 Å². The van der Waals surface area contributed by atoms with E-state index in [2.05, 4.69) is 15.0 Å². The van der Waals surface area contributed by atoms with Crippen LogP contribution in [0.4, 0.5) is 5.82 Å². The first kappa shape index (κ1) is 19.4. The van der Waals surface area contributed by atoms with Gasteiger partial charge < -0.3 is 45.5 Å². The van der Waals surface area contributed by atoms with Crippen LogP contribution in [0, 0.1) is 0 Å². The third-order valence-electron chi connectivity index (χ3n) is 4.94. The van der Waals surface area contributed by atoms with E-state index in [1.54, 1.807) is 0 Å². The van der Waals surface area contributed by atoms with Crippen LogP contribution in [0.3, 0.4) is 0 Å². The Kier molecular flexibility index (Phi) is 5.15. The number of nitrogens with two attached hydrogens (primary N) is 1. The summed E-state index contributed by atoms with van der Waals surface area (Å²) in [5.41, 5.74) is 6.42. The quantitative estimate of drug-likeness (QED) is 0.290. The highest BCUT2D eigenvalue weighted by Gasteiger charge is 2.51. The summed E-state index contributed by atoms with van der Waals surface area (Å²) < 4.78 is 18.2. The van der Waals surface area contributed by atoms with Crippen molar-refractivity contribution in [3.63, 3.8) is 0 Å². The number of hydrogen-bond donors (Lipinski definition) is 6. The van der Waals surface area contributed by atoms with Gasteiger partial charge in [-0.2, -0.15) is 0 Å². The Morgan fingerprint density at radius 3 is 2.39 bits per heavy atom. The predicted octanol–water partition coefficient (Wildman–Crippen LogP) is -3.52. The Morgan fingerprint density at radius 2 is 1.71 bits per heavy atom. The van der Waals surface area contributed by atoms with Gasteiger partial charge in [-0.15, -0.1) is 0 Å². The maximum atomic E-state index is 10.5. The molecule has 13 heteroatoms. The third kappa shape index (κ3) is 3.01. The maximum absolute atomic E-state index is 10.5. The molecule has 2 aromatic heterocycles. The zero-order valence-electron chi connectivity index (χ0n) is 14.5. The SMILES string of the molecule is Nc1ncnc2c1ncn2[C@@H]1O[C@H](CO)[C@@H](O)[C@H]1O[C@@H]1O[C@H](CO)[C@@H](O)[C@H]1O. The van der Waals surface area contributed by atoms with E-state index in [1.165, 1.54) is 17.2 Å². The lowest BCUT2D eigenvalue weighted by molar-refractivity contribution is -0.219. The summed E-state index contributed by atoms with van der Waals surface area (Å²) in [6, 6.07) is 0. The number of aliphatic hydroxyl groups is 5. The summed E-state index contributed by atoms with van der Waals surface area (Å²) in [6.45, 7) is -1.01. The number of nitrogen functional groups attached to an aromatic ring is 1. The third-order valence-corrected chi connectivity index (χ3v) is 4.94. The Labute approximate surface area is 157 Å². The highest BCUT2D eigenvalue weighted by atomic mass is 16.7. The summed E-state index contributed by atoms with van der Waals surface area (Å²) in [5.74, 6) is 0.155. The largest absolute Gasteiger partial charge is 0.394 e. The topological polar surface area (TPSA) is 198 Å². The first-order valence-corrected chi connectivity index (χ1v) is 8.61. The van der Waals surface area contributed by atoms with E-state index in [-0.39, 0.29) is 5.82 Å². The average Bonchev–Trinajstić information content (AvgIpc) is 3.33. The lowest BCUT2D eigenvalue weighted by atomic mass is 10.1. The molecule has 28 heavy (non-hydrogen) atoms. The fourth-order valence-electron chi connectivity index (χ4n) is 3.43. The first-order valence-electron chi connectivity index (χ1n) is 8.61. The fraction of sp³-hybridized carbons (Fsp3) is 0.667. The normalized spacial score (nSPS) is 38.5. The molecule has 0 bridgehead atoms. The smallest absolute Gasteiger partial charge is 0.187 e. The summed E-state index contributed by atoms with van der Waals surface area (Å²) in [5, 5.41) is 49.2. The van der Waals surface area contributed by atoms with Gasteiger partial charge in [0.15, 0.2) is 24.0 Å². The van der Waals surface area contributed by atoms with Gasteiger partial charge in [-0.05, 0) is 0 Å². The monoisotopic (exact) mass is 399 g/mol. The molecule has 8 atom stereocenters. The second kappa shape index (κ2) is 7.46. The maximum Gasteiger partial charge on any atom is 0.187 e. The summed E-state index contributed by atoms with van der Waals surface area (Å²) in [6.07, 6.45) is -6.93. The molecule has 4 heterocycles. The number of ether oxygens (including phenoxy) is 3. The molecule has 0 aliphatic carbocycles. The molecule has 4 rings (SSSR count). The van der Waals surface area contributed by atoms with Crippen molar-refractivity contribution in [1.29, 1.82) is 0 Å². The predicted molar refractivity (Wildman–Crippen MR) is 89.4 cm³/mol. The van der Waals surface area contributed by atoms with Gasteiger partial charge in [0.05, 0.1) is 19.5 Å². The molecule has 0 amide bonds. The zero-order chi connectivity index (χ0) is 20.0. The lowest BCUT2D eigenvalue weighted by Gasteiger charge is -2.26. The van der Waals surface area contributed by atoms with Gasteiger partial charge >= 0.3 is 0 Å². The molecule has 0 spiro atoms. The molecule has 154 valence electrons. The summed E-state index contributed by atoms with van der Waals surface area (Å²) in [4.78, 5) is 12.1. The summed E-state index contributed by atoms with van der Waals surface area (Å²) in [7, 11) is 0. The Bertz CT molecular complexity index is 836. The zero-order valence-corrected chi connectivity index (χ0v) is 14.5. The number of hydrogen-bond acceptors (Lipinski definition) is 12. The molecule has 13 nitrogen and oxygen atoms in total. The molecule has 0 unspecified atom stereocenters. The highest BCUT2D eigenvalue weighted by Crippen LogP contribution is 2.36. The Balaban J connectivity index is 1.64. The summed E-state index contributed by atoms with van der Waals surface area (Å²) >= 11 is 0. The van der Waals surface area contributed by atoms with Crippen molar-refractivity contribution in [3.8, 4) is 0 Å². The van der Waals surface area contributed by atoms with Gasteiger partial charge in [0.2, 0.25) is 0 Å². The second-order valence-electron chi connectivity index (χ2n) is 6.63. The molecule has 0 aromatic carbocycles. The first-order chi connectivity index (χ1) is 13.5. The highest BCUT2D eigenvalue weighted by molar-refractivity contribution is 5.81. The standard InChI is InChI=1S/C15H21N5O8/c16-12-7-13(18-3-17-12)20(4-19-7)14-11(9(24)6(2-22)26-14)28-15-10(25)8(23)5(1-21)27-15/h3-6,8-11,14-15,21-25H,1-2H2,(H2,16,17,18)/t5-,6-,8-,9-,10-,11-,14-,15+/m1/s1. The molecule has 0 saturated carbocycles. The van der Waals surface area contributed by atoms with Gasteiger partial charge in [0.1, 0.15) is 48.5 Å². The number of aliphatic hydroxyl groups excluding tert-OH is 5. The minimum Gasteiger partial charge on any atom is -0.394 e. The van der Waals surface area contributed by atoms with E-state index < -0.39 is 62.4 Å². The van der Waals surface area contributed by atoms with E-state index >= 15 is 0 Å². The van der Waals surface area contributed by atoms with Gasteiger partial charge in [-0.1, -0.05) is 0 Å². The minimum atomic E-state index is -1.45. The van der Waals surface area contributed by atoms with Crippen LogP contribution in [-0.4, -0.2) is 101 Å². The van der Waals surface area contributed by atoms with E-state index in [1.807, 2.05) is 0 Å². The molecular formula is C15H21N5O8. The van der Waals surface area contributed by atoms with Crippen LogP contribution in [0.25, 0.3) is 11.2 Å². The Morgan fingerprint density at radius 1 is 1.00 bits per heavy atom. The van der Waals surface area contributed by atoms with E-state index in [0.29, 0.717) is 11.2 Å². The van der Waals surface area contributed by atoms with Crippen LogP contribution in [0.15, 0.2) is 12.7 Å². The van der Waals surface area contributed by atoms with Crippen LogP contribution in [-0.2, 0) is 14.2 Å². The number of imidazole rings is 1. The van der Waals surface area contributed by atoms with Gasteiger partial charge in [0, 0.05) is 0 Å². The molecule has 2 aliphatic rings. The van der Waals surface area contributed by atoms with Crippen LogP contribution < -0.4 is 5.73 Å². The molecule has 2 aromatic rings. The van der Waals surface area contributed by atoms with Crippen molar-refractivity contribution < 1.29 is 39.7 Å². The molecule has 0 radical (unpaired) electrons. The van der Waals surface area contributed by atoms with Gasteiger partial charge in [-0.3, -0.25) is 4.57 Å². The molecule has 2 saturated heterocycles. The van der Waals surface area contributed by atoms with Crippen molar-refractivity contribution in [3.05, 3.63) is 12.7 Å². The van der Waals surface area contributed by atoms with Crippen molar-refractivity contribution in [2.24, 2.45) is 0 Å². The number of anilines is 1. The number of rotatable bonds is 5. The second-order valence-corrected chi connectivity index (χ2v) is 6.63. The molecule has 2 aliphatic heterocycles. The molecule has 2 fully saturated rings. The molecular weight excluding hydrogens is 378 g/mol. The van der Waals surface area contributed by atoms with Gasteiger partial charge in [0.25, 0.3) is 0 Å².